The van der Waals surface area contributed by atoms with Gasteiger partial charge in [0.2, 0.25) is 0 Å². The van der Waals surface area contributed by atoms with Crippen molar-refractivity contribution in [2.24, 2.45) is 0 Å². The van der Waals surface area contributed by atoms with Gasteiger partial charge in [0.1, 0.15) is 17.2 Å². The Morgan fingerprint density at radius 1 is 1.00 bits per heavy atom. The molecule has 3 nitrogen and oxygen atoms in total. The average molecular weight is 350 g/mol. The van der Waals surface area contributed by atoms with Gasteiger partial charge < -0.3 is 15.2 Å². The minimum Gasteiger partial charge on any atom is -0.497 e. The summed E-state index contributed by atoms with van der Waals surface area (Å²) in [4.78, 5) is 0. The average Bonchev–Trinajstić information content (AvgIpc) is 2.41. The maximum absolute atomic E-state index is 6.06. The number of nitrogen functional groups attached to an aromatic ring is 1. The van der Waals surface area contributed by atoms with E-state index in [0.29, 0.717) is 5.69 Å². The molecule has 0 radical (unpaired) electrons. The maximum Gasteiger partial charge on any atom is 0.141 e. The zero-order valence-electron chi connectivity index (χ0n) is 12.7. The molecule has 2 N–H and O–H groups in total. The molecule has 0 saturated carbocycles. The summed E-state index contributed by atoms with van der Waals surface area (Å²) >= 11 is 3.48. The lowest BCUT2D eigenvalue weighted by atomic mass is 9.86. The van der Waals surface area contributed by atoms with Crippen molar-refractivity contribution in [1.29, 1.82) is 0 Å². The quantitative estimate of drug-likeness (QED) is 0.781. The first-order valence-electron chi connectivity index (χ1n) is 6.72. The molecule has 112 valence electrons. The Kier molecular flexibility index (Phi) is 4.47. The van der Waals surface area contributed by atoms with Gasteiger partial charge in [-0.25, -0.2) is 0 Å². The van der Waals surface area contributed by atoms with Crippen LogP contribution in [0.25, 0.3) is 0 Å². The van der Waals surface area contributed by atoms with Crippen LogP contribution in [-0.4, -0.2) is 7.11 Å². The highest BCUT2D eigenvalue weighted by Gasteiger charge is 2.20. The van der Waals surface area contributed by atoms with Crippen LogP contribution in [0, 0.1) is 0 Å². The molecule has 0 atom stereocenters. The van der Waals surface area contributed by atoms with E-state index in [9.17, 15) is 0 Å². The first-order chi connectivity index (χ1) is 9.81. The third-order valence-electron chi connectivity index (χ3n) is 3.17. The van der Waals surface area contributed by atoms with Gasteiger partial charge in [0.05, 0.1) is 11.6 Å². The largest absolute Gasteiger partial charge is 0.497 e. The number of methoxy groups -OCH3 is 1. The standard InChI is InChI=1S/C17H20BrNO2/c1-17(2,3)13-10-12(20-4)6-8-15(13)21-16-7-5-11(19)9-14(16)18/h5-10H,19H2,1-4H3. The van der Waals surface area contributed by atoms with E-state index in [1.165, 1.54) is 0 Å². The highest BCUT2D eigenvalue weighted by Crippen LogP contribution is 2.38. The molecule has 0 unspecified atom stereocenters. The molecule has 0 aromatic heterocycles. The van der Waals surface area contributed by atoms with Crippen LogP contribution < -0.4 is 15.2 Å². The van der Waals surface area contributed by atoms with E-state index in [2.05, 4.69) is 36.7 Å². The van der Waals surface area contributed by atoms with E-state index in [4.69, 9.17) is 15.2 Å². The van der Waals surface area contributed by atoms with Crippen LogP contribution in [0.5, 0.6) is 17.2 Å². The van der Waals surface area contributed by atoms with Gasteiger partial charge in [-0.3, -0.25) is 0 Å². The van der Waals surface area contributed by atoms with E-state index in [1.807, 2.05) is 36.4 Å². The summed E-state index contributed by atoms with van der Waals surface area (Å²) in [6.45, 7) is 6.44. The number of hydrogen-bond donors (Lipinski definition) is 1. The molecule has 0 saturated heterocycles. The molecule has 0 fully saturated rings. The van der Waals surface area contributed by atoms with Gasteiger partial charge in [-0.05, 0) is 57.7 Å². The molecule has 0 aliphatic carbocycles. The fourth-order valence-electron chi connectivity index (χ4n) is 2.03. The van der Waals surface area contributed by atoms with Crippen molar-refractivity contribution in [3.63, 3.8) is 0 Å². The number of ether oxygens (including phenoxy) is 2. The highest BCUT2D eigenvalue weighted by molar-refractivity contribution is 9.10. The molecule has 2 aromatic carbocycles. The van der Waals surface area contributed by atoms with Crippen molar-refractivity contribution in [2.45, 2.75) is 26.2 Å². The maximum atomic E-state index is 6.06. The van der Waals surface area contributed by atoms with E-state index in [0.717, 1.165) is 27.3 Å². The predicted octanol–water partition coefficient (Wildman–Crippen LogP) is 5.13. The SMILES string of the molecule is COc1ccc(Oc2ccc(N)cc2Br)c(C(C)(C)C)c1. The van der Waals surface area contributed by atoms with Crippen LogP contribution in [-0.2, 0) is 5.41 Å². The summed E-state index contributed by atoms with van der Waals surface area (Å²) in [5.41, 5.74) is 7.49. The first-order valence-corrected chi connectivity index (χ1v) is 7.52. The van der Waals surface area contributed by atoms with Crippen LogP contribution in [0.1, 0.15) is 26.3 Å². The van der Waals surface area contributed by atoms with E-state index >= 15 is 0 Å². The fraction of sp³-hybridized carbons (Fsp3) is 0.294. The molecular formula is C17H20BrNO2. The Hall–Kier alpha value is -1.68. The molecule has 2 aromatic rings. The number of nitrogens with two attached hydrogens (primary N) is 1. The topological polar surface area (TPSA) is 44.5 Å². The van der Waals surface area contributed by atoms with Crippen molar-refractivity contribution in [2.75, 3.05) is 12.8 Å². The fourth-order valence-corrected chi connectivity index (χ4v) is 2.51. The molecule has 0 aliphatic heterocycles. The number of benzene rings is 2. The van der Waals surface area contributed by atoms with Crippen LogP contribution >= 0.6 is 15.9 Å². The second kappa shape index (κ2) is 5.98. The summed E-state index contributed by atoms with van der Waals surface area (Å²) in [5.74, 6) is 2.37. The van der Waals surface area contributed by atoms with Crippen molar-refractivity contribution in [3.05, 3.63) is 46.4 Å². The van der Waals surface area contributed by atoms with Crippen LogP contribution in [0.2, 0.25) is 0 Å². The van der Waals surface area contributed by atoms with Crippen LogP contribution in [0.15, 0.2) is 40.9 Å². The lowest BCUT2D eigenvalue weighted by molar-refractivity contribution is 0.407. The summed E-state index contributed by atoms with van der Waals surface area (Å²) < 4.78 is 12.2. The normalized spacial score (nSPS) is 11.3. The van der Waals surface area contributed by atoms with E-state index in [1.54, 1.807) is 7.11 Å². The van der Waals surface area contributed by atoms with Crippen LogP contribution in [0.3, 0.4) is 0 Å². The molecular weight excluding hydrogens is 330 g/mol. The lowest BCUT2D eigenvalue weighted by Crippen LogP contribution is -2.12. The minimum atomic E-state index is -0.0514. The second-order valence-electron chi connectivity index (χ2n) is 5.90. The third kappa shape index (κ3) is 3.70. The predicted molar refractivity (Wildman–Crippen MR) is 90.3 cm³/mol. The number of anilines is 1. The Morgan fingerprint density at radius 3 is 2.24 bits per heavy atom. The first kappa shape index (κ1) is 15.7. The van der Waals surface area contributed by atoms with Gasteiger partial charge in [-0.1, -0.05) is 20.8 Å². The van der Waals surface area contributed by atoms with Gasteiger partial charge in [-0.2, -0.15) is 0 Å². The van der Waals surface area contributed by atoms with Crippen molar-refractivity contribution < 1.29 is 9.47 Å². The van der Waals surface area contributed by atoms with Gasteiger partial charge in [0.25, 0.3) is 0 Å². The van der Waals surface area contributed by atoms with Crippen molar-refractivity contribution >= 4 is 21.6 Å². The zero-order chi connectivity index (χ0) is 15.6. The molecule has 0 amide bonds. The second-order valence-corrected chi connectivity index (χ2v) is 6.76. The molecule has 0 spiro atoms. The van der Waals surface area contributed by atoms with Gasteiger partial charge in [0, 0.05) is 11.3 Å². The van der Waals surface area contributed by atoms with Crippen molar-refractivity contribution in [1.82, 2.24) is 0 Å². The lowest BCUT2D eigenvalue weighted by Gasteiger charge is -2.23. The van der Waals surface area contributed by atoms with E-state index < -0.39 is 0 Å². The highest BCUT2D eigenvalue weighted by atomic mass is 79.9. The monoisotopic (exact) mass is 349 g/mol. The summed E-state index contributed by atoms with van der Waals surface area (Å²) in [6.07, 6.45) is 0. The Bertz CT molecular complexity index is 648. The Balaban J connectivity index is 2.44. The van der Waals surface area contributed by atoms with Gasteiger partial charge >= 0.3 is 0 Å². The molecule has 4 heteroatoms. The molecule has 0 aliphatic rings. The van der Waals surface area contributed by atoms with Crippen molar-refractivity contribution in [3.8, 4) is 17.2 Å². The molecule has 0 bridgehead atoms. The van der Waals surface area contributed by atoms with Gasteiger partial charge in [-0.15, -0.1) is 0 Å². The van der Waals surface area contributed by atoms with Gasteiger partial charge in [0.15, 0.2) is 0 Å². The minimum absolute atomic E-state index is 0.0514. The Labute approximate surface area is 134 Å². The Morgan fingerprint density at radius 2 is 1.67 bits per heavy atom. The number of hydrogen-bond acceptors (Lipinski definition) is 3. The summed E-state index contributed by atoms with van der Waals surface area (Å²) in [7, 11) is 1.67. The summed E-state index contributed by atoms with van der Waals surface area (Å²) in [6, 6.07) is 11.4. The smallest absolute Gasteiger partial charge is 0.141 e. The zero-order valence-corrected chi connectivity index (χ0v) is 14.3. The van der Waals surface area contributed by atoms with Crippen LogP contribution in [0.4, 0.5) is 5.69 Å². The molecule has 0 heterocycles. The number of halogens is 1. The van der Waals surface area contributed by atoms with E-state index in [-0.39, 0.29) is 5.41 Å². The number of rotatable bonds is 3. The molecule has 21 heavy (non-hydrogen) atoms. The summed E-state index contributed by atoms with van der Waals surface area (Å²) in [5, 5.41) is 0. The molecule has 2 rings (SSSR count). The third-order valence-corrected chi connectivity index (χ3v) is 3.79.